The average molecular weight is 321 g/mol. The van der Waals surface area contributed by atoms with E-state index in [1.54, 1.807) is 14.0 Å². The highest BCUT2D eigenvalue weighted by Crippen LogP contribution is 2.25. The molecular formula is C13H18Cl2N2O3. The van der Waals surface area contributed by atoms with Gasteiger partial charge in [-0.3, -0.25) is 4.79 Å². The molecule has 1 amide bonds. The maximum absolute atomic E-state index is 12.3. The number of hydrogen-bond acceptors (Lipinski definition) is 3. The normalized spacial score (nSPS) is 13.7. The highest BCUT2D eigenvalue weighted by molar-refractivity contribution is 6.41. The number of esters is 1. The molecular weight excluding hydrogens is 303 g/mol. The van der Waals surface area contributed by atoms with Crippen molar-refractivity contribution in [2.75, 3.05) is 7.11 Å². The van der Waals surface area contributed by atoms with Crippen LogP contribution in [0.25, 0.3) is 0 Å². The van der Waals surface area contributed by atoms with E-state index in [0.29, 0.717) is 6.42 Å². The van der Waals surface area contributed by atoms with Crippen molar-refractivity contribution < 1.29 is 14.3 Å². The highest BCUT2D eigenvalue weighted by Gasteiger charge is 2.36. The smallest absolute Gasteiger partial charge is 0.331 e. The van der Waals surface area contributed by atoms with E-state index in [9.17, 15) is 9.59 Å². The first-order valence-electron chi connectivity index (χ1n) is 6.18. The van der Waals surface area contributed by atoms with Crippen molar-refractivity contribution in [3.8, 4) is 0 Å². The summed E-state index contributed by atoms with van der Waals surface area (Å²) >= 11 is 11.8. The summed E-state index contributed by atoms with van der Waals surface area (Å²) in [6, 6.07) is 1.46. The van der Waals surface area contributed by atoms with Crippen LogP contribution in [-0.4, -0.2) is 29.1 Å². The molecule has 0 radical (unpaired) electrons. The molecule has 1 aromatic heterocycles. The van der Waals surface area contributed by atoms with Crippen LogP contribution in [0.4, 0.5) is 0 Å². The number of rotatable bonds is 5. The SMILES string of the molecule is CCCC(C)(NC(=O)c1cc(Cl)c(Cl)n1C)C(=O)OC. The minimum Gasteiger partial charge on any atom is -0.467 e. The van der Waals surface area contributed by atoms with Gasteiger partial charge in [-0.15, -0.1) is 0 Å². The first-order chi connectivity index (χ1) is 9.26. The quantitative estimate of drug-likeness (QED) is 0.848. The van der Waals surface area contributed by atoms with E-state index in [1.165, 1.54) is 17.7 Å². The number of amides is 1. The van der Waals surface area contributed by atoms with Crippen LogP contribution >= 0.6 is 23.2 Å². The Morgan fingerprint density at radius 1 is 1.45 bits per heavy atom. The summed E-state index contributed by atoms with van der Waals surface area (Å²) in [5, 5.41) is 3.25. The summed E-state index contributed by atoms with van der Waals surface area (Å²) in [5.74, 6) is -0.915. The summed E-state index contributed by atoms with van der Waals surface area (Å²) in [4.78, 5) is 24.1. The molecule has 1 atom stereocenters. The zero-order valence-corrected chi connectivity index (χ0v) is 13.4. The van der Waals surface area contributed by atoms with Crippen molar-refractivity contribution in [2.24, 2.45) is 7.05 Å². The fourth-order valence-corrected chi connectivity index (χ4v) is 2.39. The third kappa shape index (κ3) is 3.27. The van der Waals surface area contributed by atoms with Crippen LogP contribution in [0.15, 0.2) is 6.07 Å². The number of ether oxygens (including phenoxy) is 1. The summed E-state index contributed by atoms with van der Waals surface area (Å²) in [6.45, 7) is 3.55. The molecule has 1 heterocycles. The van der Waals surface area contributed by atoms with Gasteiger partial charge in [-0.25, -0.2) is 4.79 Å². The van der Waals surface area contributed by atoms with Crippen LogP contribution in [0.5, 0.6) is 0 Å². The lowest BCUT2D eigenvalue weighted by Gasteiger charge is -2.27. The molecule has 1 rings (SSSR count). The molecule has 0 aromatic carbocycles. The van der Waals surface area contributed by atoms with Gasteiger partial charge >= 0.3 is 5.97 Å². The molecule has 1 N–H and O–H groups in total. The Morgan fingerprint density at radius 3 is 2.45 bits per heavy atom. The van der Waals surface area contributed by atoms with Crippen LogP contribution in [0, 0.1) is 0 Å². The van der Waals surface area contributed by atoms with Gasteiger partial charge in [-0.2, -0.15) is 0 Å². The fourth-order valence-electron chi connectivity index (χ4n) is 2.02. The summed E-state index contributed by atoms with van der Waals surface area (Å²) in [6.07, 6.45) is 1.19. The number of carbonyl (C=O) groups excluding carboxylic acids is 2. The van der Waals surface area contributed by atoms with E-state index in [0.717, 1.165) is 6.42 Å². The van der Waals surface area contributed by atoms with E-state index in [2.05, 4.69) is 5.32 Å². The first kappa shape index (κ1) is 16.9. The van der Waals surface area contributed by atoms with Crippen molar-refractivity contribution in [1.82, 2.24) is 9.88 Å². The van der Waals surface area contributed by atoms with Crippen LogP contribution in [0.1, 0.15) is 37.2 Å². The Balaban J connectivity index is 3.02. The number of carbonyl (C=O) groups is 2. The molecule has 0 aliphatic heterocycles. The largest absolute Gasteiger partial charge is 0.467 e. The number of nitrogens with zero attached hydrogens (tertiary/aromatic N) is 1. The van der Waals surface area contributed by atoms with Crippen LogP contribution in [0.2, 0.25) is 10.2 Å². The second-order valence-electron chi connectivity index (χ2n) is 4.76. The molecule has 1 aromatic rings. The summed E-state index contributed by atoms with van der Waals surface area (Å²) in [5.41, 5.74) is -0.796. The van der Waals surface area contributed by atoms with Crippen molar-refractivity contribution in [1.29, 1.82) is 0 Å². The Morgan fingerprint density at radius 2 is 2.05 bits per heavy atom. The second-order valence-corrected chi connectivity index (χ2v) is 5.52. The predicted molar refractivity (Wildman–Crippen MR) is 78.2 cm³/mol. The number of hydrogen-bond donors (Lipinski definition) is 1. The van der Waals surface area contributed by atoms with Gasteiger partial charge < -0.3 is 14.6 Å². The Hall–Kier alpha value is -1.20. The Bertz CT molecular complexity index is 528. The van der Waals surface area contributed by atoms with Gasteiger partial charge in [0.05, 0.1) is 12.1 Å². The third-order valence-corrected chi connectivity index (χ3v) is 3.97. The zero-order chi connectivity index (χ0) is 15.5. The van der Waals surface area contributed by atoms with Crippen molar-refractivity contribution in [3.05, 3.63) is 21.9 Å². The predicted octanol–water partition coefficient (Wildman–Crippen LogP) is 2.79. The summed E-state index contributed by atoms with van der Waals surface area (Å²) in [7, 11) is 2.91. The second kappa shape index (κ2) is 6.50. The Labute approximate surface area is 128 Å². The molecule has 0 spiro atoms. The standard InChI is InChI=1S/C13H18Cl2N2O3/c1-5-6-13(2,12(19)20-4)16-11(18)9-7-8(14)10(15)17(9)3/h7H,5-6H2,1-4H3,(H,16,18). The van der Waals surface area contributed by atoms with Gasteiger partial charge in [0.15, 0.2) is 0 Å². The monoisotopic (exact) mass is 320 g/mol. The van der Waals surface area contributed by atoms with Gasteiger partial charge in [0.2, 0.25) is 0 Å². The highest BCUT2D eigenvalue weighted by atomic mass is 35.5. The van der Waals surface area contributed by atoms with Crippen LogP contribution in [-0.2, 0) is 16.6 Å². The minimum absolute atomic E-state index is 0.270. The molecule has 0 bridgehead atoms. The molecule has 1 unspecified atom stereocenters. The summed E-state index contributed by atoms with van der Waals surface area (Å²) < 4.78 is 6.21. The molecule has 0 aliphatic rings. The van der Waals surface area contributed by atoms with Gasteiger partial charge in [-0.05, 0) is 19.4 Å². The van der Waals surface area contributed by atoms with Crippen molar-refractivity contribution >= 4 is 35.1 Å². The van der Waals surface area contributed by atoms with Crippen molar-refractivity contribution in [3.63, 3.8) is 0 Å². The number of aromatic nitrogens is 1. The maximum Gasteiger partial charge on any atom is 0.331 e. The molecule has 0 saturated heterocycles. The average Bonchev–Trinajstić information content (AvgIpc) is 2.65. The number of nitrogens with one attached hydrogen (secondary N) is 1. The molecule has 112 valence electrons. The van der Waals surface area contributed by atoms with Gasteiger partial charge in [0.1, 0.15) is 16.4 Å². The first-order valence-corrected chi connectivity index (χ1v) is 6.94. The van der Waals surface area contributed by atoms with Gasteiger partial charge in [0, 0.05) is 7.05 Å². The van der Waals surface area contributed by atoms with Crippen LogP contribution < -0.4 is 5.32 Å². The van der Waals surface area contributed by atoms with Crippen LogP contribution in [0.3, 0.4) is 0 Å². The molecule has 5 nitrogen and oxygen atoms in total. The van der Waals surface area contributed by atoms with Gasteiger partial charge in [0.25, 0.3) is 5.91 Å². The van der Waals surface area contributed by atoms with E-state index in [1.807, 2.05) is 6.92 Å². The number of halogens is 2. The number of methoxy groups -OCH3 is 1. The fraction of sp³-hybridized carbons (Fsp3) is 0.538. The maximum atomic E-state index is 12.3. The van der Waals surface area contributed by atoms with E-state index >= 15 is 0 Å². The lowest BCUT2D eigenvalue weighted by Crippen LogP contribution is -2.53. The lowest BCUT2D eigenvalue weighted by atomic mass is 9.96. The molecule has 0 aliphatic carbocycles. The van der Waals surface area contributed by atoms with E-state index < -0.39 is 17.4 Å². The van der Waals surface area contributed by atoms with Crippen molar-refractivity contribution in [2.45, 2.75) is 32.2 Å². The topological polar surface area (TPSA) is 60.3 Å². The molecule has 0 saturated carbocycles. The van der Waals surface area contributed by atoms with E-state index in [-0.39, 0.29) is 15.9 Å². The minimum atomic E-state index is -1.08. The Kier molecular flexibility index (Phi) is 5.48. The third-order valence-electron chi connectivity index (χ3n) is 3.12. The molecule has 7 heteroatoms. The molecule has 0 fully saturated rings. The van der Waals surface area contributed by atoms with E-state index in [4.69, 9.17) is 27.9 Å². The zero-order valence-electron chi connectivity index (χ0n) is 11.9. The molecule has 20 heavy (non-hydrogen) atoms. The van der Waals surface area contributed by atoms with Gasteiger partial charge in [-0.1, -0.05) is 36.5 Å². The lowest BCUT2D eigenvalue weighted by molar-refractivity contribution is -0.147.